The summed E-state index contributed by atoms with van der Waals surface area (Å²) in [4.78, 5) is 0. The summed E-state index contributed by atoms with van der Waals surface area (Å²) < 4.78 is 1.87. The Morgan fingerprint density at radius 2 is 2.11 bits per heavy atom. The first-order chi connectivity index (χ1) is 8.79. The van der Waals surface area contributed by atoms with Gasteiger partial charge in [0, 0.05) is 31.5 Å². The molecule has 2 rings (SSSR count). The van der Waals surface area contributed by atoms with Crippen molar-refractivity contribution in [3.63, 3.8) is 0 Å². The van der Waals surface area contributed by atoms with Gasteiger partial charge < -0.3 is 10.4 Å². The molecule has 0 aliphatic carbocycles. The second-order valence-corrected chi connectivity index (χ2v) is 4.55. The Kier molecular flexibility index (Phi) is 4.50. The molecule has 0 saturated heterocycles. The molecule has 18 heavy (non-hydrogen) atoms. The van der Waals surface area contributed by atoms with Gasteiger partial charge in [-0.05, 0) is 18.1 Å². The molecule has 2 aromatic rings. The highest BCUT2D eigenvalue weighted by Crippen LogP contribution is 2.07. The molecule has 4 nitrogen and oxygen atoms in total. The van der Waals surface area contributed by atoms with Crippen LogP contribution in [0.5, 0.6) is 0 Å². The van der Waals surface area contributed by atoms with Crippen molar-refractivity contribution in [3.05, 3.63) is 48.3 Å². The Bertz CT molecular complexity index is 467. The van der Waals surface area contributed by atoms with E-state index in [1.165, 1.54) is 0 Å². The molecule has 1 heterocycles. The molecule has 0 aliphatic rings. The van der Waals surface area contributed by atoms with Crippen molar-refractivity contribution in [3.8, 4) is 5.69 Å². The largest absolute Gasteiger partial charge is 0.396 e. The number of aliphatic hydroxyl groups excluding tert-OH is 1. The number of benzene rings is 1. The molecule has 1 unspecified atom stereocenters. The van der Waals surface area contributed by atoms with E-state index in [0.29, 0.717) is 0 Å². The Hall–Kier alpha value is -1.65. The lowest BCUT2D eigenvalue weighted by Crippen LogP contribution is -2.22. The van der Waals surface area contributed by atoms with Crippen LogP contribution in [-0.2, 0) is 6.54 Å². The molecule has 0 amide bonds. The van der Waals surface area contributed by atoms with Crippen LogP contribution in [0.15, 0.2) is 42.7 Å². The van der Waals surface area contributed by atoms with E-state index in [1.54, 1.807) is 0 Å². The minimum Gasteiger partial charge on any atom is -0.396 e. The van der Waals surface area contributed by atoms with E-state index in [4.69, 9.17) is 5.11 Å². The van der Waals surface area contributed by atoms with Crippen LogP contribution in [0, 0.1) is 5.92 Å². The van der Waals surface area contributed by atoms with Crippen LogP contribution in [0.1, 0.15) is 12.5 Å². The summed E-state index contributed by atoms with van der Waals surface area (Å²) in [5.74, 6) is 0.286. The average Bonchev–Trinajstić information content (AvgIpc) is 2.88. The summed E-state index contributed by atoms with van der Waals surface area (Å²) in [6.07, 6.45) is 3.88. The zero-order valence-electron chi connectivity index (χ0n) is 10.6. The molecule has 2 N–H and O–H groups in total. The third-order valence-corrected chi connectivity index (χ3v) is 2.79. The standard InChI is InChI=1S/C14H19N3O/c1-12(11-18)7-15-8-13-9-16-17(10-13)14-5-3-2-4-6-14/h2-6,9-10,12,15,18H,7-8,11H2,1H3. The fourth-order valence-electron chi connectivity index (χ4n) is 1.70. The van der Waals surface area contributed by atoms with Crippen molar-refractivity contribution in [1.29, 1.82) is 0 Å². The van der Waals surface area contributed by atoms with Crippen LogP contribution in [-0.4, -0.2) is 28.0 Å². The molecular weight excluding hydrogens is 226 g/mol. The number of para-hydroxylation sites is 1. The molecule has 1 atom stereocenters. The molecule has 0 saturated carbocycles. The average molecular weight is 245 g/mol. The normalized spacial score (nSPS) is 12.6. The van der Waals surface area contributed by atoms with Crippen molar-refractivity contribution < 1.29 is 5.11 Å². The number of hydrogen-bond donors (Lipinski definition) is 2. The molecular formula is C14H19N3O. The van der Waals surface area contributed by atoms with E-state index >= 15 is 0 Å². The van der Waals surface area contributed by atoms with Gasteiger partial charge in [0.2, 0.25) is 0 Å². The number of aliphatic hydroxyl groups is 1. The maximum Gasteiger partial charge on any atom is 0.0645 e. The Balaban J connectivity index is 1.91. The zero-order chi connectivity index (χ0) is 12.8. The third-order valence-electron chi connectivity index (χ3n) is 2.79. The Morgan fingerprint density at radius 1 is 1.33 bits per heavy atom. The molecule has 0 fully saturated rings. The quantitative estimate of drug-likeness (QED) is 0.812. The number of aromatic nitrogens is 2. The fraction of sp³-hybridized carbons (Fsp3) is 0.357. The number of rotatable bonds is 6. The molecule has 96 valence electrons. The van der Waals surface area contributed by atoms with E-state index < -0.39 is 0 Å². The molecule has 1 aromatic carbocycles. The molecule has 4 heteroatoms. The lowest BCUT2D eigenvalue weighted by Gasteiger charge is -2.07. The van der Waals surface area contributed by atoms with E-state index in [1.807, 2.05) is 54.3 Å². The van der Waals surface area contributed by atoms with Gasteiger partial charge in [-0.25, -0.2) is 4.68 Å². The predicted molar refractivity (Wildman–Crippen MR) is 71.5 cm³/mol. The van der Waals surface area contributed by atoms with Crippen LogP contribution >= 0.6 is 0 Å². The fourth-order valence-corrected chi connectivity index (χ4v) is 1.70. The van der Waals surface area contributed by atoms with E-state index in [-0.39, 0.29) is 12.5 Å². The lowest BCUT2D eigenvalue weighted by molar-refractivity contribution is 0.233. The highest BCUT2D eigenvalue weighted by molar-refractivity contribution is 5.30. The molecule has 0 spiro atoms. The van der Waals surface area contributed by atoms with Crippen LogP contribution in [0.25, 0.3) is 5.69 Å². The second kappa shape index (κ2) is 6.33. The van der Waals surface area contributed by atoms with Crippen molar-refractivity contribution in [1.82, 2.24) is 15.1 Å². The van der Waals surface area contributed by atoms with Gasteiger partial charge >= 0.3 is 0 Å². The minimum absolute atomic E-state index is 0.219. The van der Waals surface area contributed by atoms with Crippen LogP contribution < -0.4 is 5.32 Å². The van der Waals surface area contributed by atoms with Crippen LogP contribution in [0.3, 0.4) is 0 Å². The molecule has 0 bridgehead atoms. The van der Waals surface area contributed by atoms with Gasteiger partial charge in [0.15, 0.2) is 0 Å². The van der Waals surface area contributed by atoms with Crippen molar-refractivity contribution >= 4 is 0 Å². The second-order valence-electron chi connectivity index (χ2n) is 4.55. The SMILES string of the molecule is CC(CO)CNCc1cnn(-c2ccccc2)c1. The van der Waals surface area contributed by atoms with Crippen LogP contribution in [0.2, 0.25) is 0 Å². The summed E-state index contributed by atoms with van der Waals surface area (Å²) >= 11 is 0. The summed E-state index contributed by atoms with van der Waals surface area (Å²) in [6.45, 7) is 3.82. The first kappa shape index (κ1) is 12.8. The highest BCUT2D eigenvalue weighted by Gasteiger charge is 2.02. The van der Waals surface area contributed by atoms with E-state index in [9.17, 15) is 0 Å². The first-order valence-electron chi connectivity index (χ1n) is 6.20. The monoisotopic (exact) mass is 245 g/mol. The lowest BCUT2D eigenvalue weighted by atomic mass is 10.2. The summed E-state index contributed by atoms with van der Waals surface area (Å²) in [6, 6.07) is 10.0. The van der Waals surface area contributed by atoms with E-state index in [0.717, 1.165) is 24.3 Å². The highest BCUT2D eigenvalue weighted by atomic mass is 16.3. The van der Waals surface area contributed by atoms with Gasteiger partial charge in [-0.3, -0.25) is 0 Å². The summed E-state index contributed by atoms with van der Waals surface area (Å²) in [5.41, 5.74) is 2.21. The van der Waals surface area contributed by atoms with Gasteiger partial charge in [-0.1, -0.05) is 25.1 Å². The minimum atomic E-state index is 0.219. The van der Waals surface area contributed by atoms with Gasteiger partial charge in [0.1, 0.15) is 0 Å². The van der Waals surface area contributed by atoms with Crippen molar-refractivity contribution in [2.75, 3.05) is 13.2 Å². The Morgan fingerprint density at radius 3 is 2.83 bits per heavy atom. The molecule has 0 aliphatic heterocycles. The summed E-state index contributed by atoms with van der Waals surface area (Å²) in [5, 5.41) is 16.6. The summed E-state index contributed by atoms with van der Waals surface area (Å²) in [7, 11) is 0. The molecule has 0 radical (unpaired) electrons. The van der Waals surface area contributed by atoms with Gasteiger partial charge in [0.25, 0.3) is 0 Å². The van der Waals surface area contributed by atoms with Gasteiger partial charge in [0.05, 0.1) is 11.9 Å². The smallest absolute Gasteiger partial charge is 0.0645 e. The zero-order valence-corrected chi connectivity index (χ0v) is 10.6. The maximum atomic E-state index is 8.93. The topological polar surface area (TPSA) is 50.1 Å². The van der Waals surface area contributed by atoms with Gasteiger partial charge in [-0.2, -0.15) is 5.10 Å². The number of nitrogens with zero attached hydrogens (tertiary/aromatic N) is 2. The van der Waals surface area contributed by atoms with Crippen molar-refractivity contribution in [2.45, 2.75) is 13.5 Å². The van der Waals surface area contributed by atoms with Crippen LogP contribution in [0.4, 0.5) is 0 Å². The van der Waals surface area contributed by atoms with Crippen molar-refractivity contribution in [2.24, 2.45) is 5.92 Å². The first-order valence-corrected chi connectivity index (χ1v) is 6.20. The molecule has 1 aromatic heterocycles. The Labute approximate surface area is 107 Å². The maximum absolute atomic E-state index is 8.93. The predicted octanol–water partition coefficient (Wildman–Crippen LogP) is 1.59. The van der Waals surface area contributed by atoms with E-state index in [2.05, 4.69) is 10.4 Å². The number of hydrogen-bond acceptors (Lipinski definition) is 3. The van der Waals surface area contributed by atoms with Gasteiger partial charge in [-0.15, -0.1) is 0 Å². The third kappa shape index (κ3) is 3.42. The number of nitrogens with one attached hydrogen (secondary N) is 1.